The van der Waals surface area contributed by atoms with E-state index in [1.54, 1.807) is 11.0 Å². The Morgan fingerprint density at radius 1 is 1.45 bits per heavy atom. The first-order valence-electron chi connectivity index (χ1n) is 7.70. The number of nitrogens with one attached hydrogen (secondary N) is 2. The smallest absolute Gasteiger partial charge is 0.317 e. The number of nitrogens with zero attached hydrogens (tertiary/aromatic N) is 1. The maximum atomic E-state index is 13.3. The van der Waals surface area contributed by atoms with Gasteiger partial charge < -0.3 is 15.5 Å². The summed E-state index contributed by atoms with van der Waals surface area (Å²) in [5.41, 5.74) is 0.824. The van der Waals surface area contributed by atoms with Gasteiger partial charge in [0.25, 0.3) is 0 Å². The summed E-state index contributed by atoms with van der Waals surface area (Å²) in [4.78, 5) is 25.4. The third-order valence-electron chi connectivity index (χ3n) is 4.15. The highest BCUT2D eigenvalue weighted by atomic mass is 19.1. The number of carbonyl (C=O) groups is 2. The zero-order valence-electron chi connectivity index (χ0n) is 12.3. The van der Waals surface area contributed by atoms with E-state index in [4.69, 9.17) is 0 Å². The quantitative estimate of drug-likeness (QED) is 0.832. The van der Waals surface area contributed by atoms with Gasteiger partial charge in [0.15, 0.2) is 0 Å². The van der Waals surface area contributed by atoms with Crippen molar-refractivity contribution in [1.82, 2.24) is 15.5 Å². The number of hydrogen-bond donors (Lipinski definition) is 2. The van der Waals surface area contributed by atoms with Gasteiger partial charge in [-0.1, -0.05) is 12.1 Å². The molecule has 0 radical (unpaired) electrons. The first-order chi connectivity index (χ1) is 10.6. The molecular formula is C16H20FN3O2. The Balaban J connectivity index is 1.67. The molecule has 0 bridgehead atoms. The minimum Gasteiger partial charge on any atom is -0.354 e. The van der Waals surface area contributed by atoms with Gasteiger partial charge in [0.05, 0.1) is 6.04 Å². The van der Waals surface area contributed by atoms with Crippen molar-refractivity contribution in [3.05, 3.63) is 35.6 Å². The molecule has 1 saturated heterocycles. The molecule has 0 aromatic heterocycles. The molecule has 0 spiro atoms. The highest BCUT2D eigenvalue weighted by Crippen LogP contribution is 2.28. The van der Waals surface area contributed by atoms with Crippen molar-refractivity contribution in [3.8, 4) is 0 Å². The lowest BCUT2D eigenvalue weighted by molar-refractivity contribution is -0.122. The van der Waals surface area contributed by atoms with E-state index in [-0.39, 0.29) is 29.7 Å². The Bertz CT molecular complexity index is 574. The highest BCUT2D eigenvalue weighted by molar-refractivity contribution is 5.81. The Labute approximate surface area is 128 Å². The van der Waals surface area contributed by atoms with Gasteiger partial charge >= 0.3 is 6.03 Å². The molecule has 0 unspecified atom stereocenters. The van der Waals surface area contributed by atoms with Crippen LogP contribution in [0.15, 0.2) is 24.3 Å². The summed E-state index contributed by atoms with van der Waals surface area (Å²) < 4.78 is 13.3. The molecule has 1 atom stereocenters. The molecule has 5 nitrogen and oxygen atoms in total. The van der Waals surface area contributed by atoms with Crippen molar-refractivity contribution in [2.45, 2.75) is 25.3 Å². The molecule has 3 amide bonds. The zero-order chi connectivity index (χ0) is 15.5. The second-order valence-corrected chi connectivity index (χ2v) is 5.93. The third-order valence-corrected chi connectivity index (χ3v) is 4.15. The molecule has 2 N–H and O–H groups in total. The van der Waals surface area contributed by atoms with E-state index in [1.807, 2.05) is 6.07 Å². The number of carbonyl (C=O) groups excluding carboxylic acids is 2. The molecule has 3 rings (SSSR count). The van der Waals surface area contributed by atoms with E-state index in [2.05, 4.69) is 10.6 Å². The third kappa shape index (κ3) is 3.55. The number of urea groups is 1. The van der Waals surface area contributed by atoms with Crippen LogP contribution in [0.1, 0.15) is 18.4 Å². The second-order valence-electron chi connectivity index (χ2n) is 5.93. The highest BCUT2D eigenvalue weighted by Gasteiger charge is 2.32. The largest absolute Gasteiger partial charge is 0.354 e. The van der Waals surface area contributed by atoms with Crippen LogP contribution in [0.25, 0.3) is 0 Å². The minimum atomic E-state index is -0.288. The van der Waals surface area contributed by atoms with Crippen molar-refractivity contribution in [3.63, 3.8) is 0 Å². The minimum absolute atomic E-state index is 0.0591. The van der Waals surface area contributed by atoms with Gasteiger partial charge in [0, 0.05) is 25.6 Å². The average Bonchev–Trinajstić information content (AvgIpc) is 3.26. The fourth-order valence-corrected chi connectivity index (χ4v) is 2.77. The van der Waals surface area contributed by atoms with Crippen LogP contribution in [-0.2, 0) is 11.2 Å². The first-order valence-corrected chi connectivity index (χ1v) is 7.70. The summed E-state index contributed by atoms with van der Waals surface area (Å²) in [7, 11) is 0. The van der Waals surface area contributed by atoms with Crippen LogP contribution >= 0.6 is 0 Å². The SMILES string of the molecule is O=C(NC[C@H](Cc1cccc(F)c1)N1CCNC1=O)C1CC1. The topological polar surface area (TPSA) is 61.4 Å². The first kappa shape index (κ1) is 14.8. The predicted molar refractivity (Wildman–Crippen MR) is 79.7 cm³/mol. The van der Waals surface area contributed by atoms with Crippen LogP contribution in [0, 0.1) is 11.7 Å². The van der Waals surface area contributed by atoms with Crippen LogP contribution < -0.4 is 10.6 Å². The molecule has 1 aliphatic carbocycles. The lowest BCUT2D eigenvalue weighted by Crippen LogP contribution is -2.47. The standard InChI is InChI=1S/C16H20FN3O2/c17-13-3-1-2-11(8-13)9-14(20-7-6-18-16(20)22)10-19-15(21)12-4-5-12/h1-3,8,12,14H,4-7,9-10H2,(H,18,22)(H,19,21)/t14-/m0/s1. The average molecular weight is 305 g/mol. The Kier molecular flexibility index (Phi) is 4.27. The summed E-state index contributed by atoms with van der Waals surface area (Å²) in [6.45, 7) is 1.62. The Hall–Kier alpha value is -2.11. The van der Waals surface area contributed by atoms with Crippen LogP contribution in [0.2, 0.25) is 0 Å². The summed E-state index contributed by atoms with van der Waals surface area (Å²) in [5.74, 6) is -0.0878. The summed E-state index contributed by atoms with van der Waals surface area (Å²) >= 11 is 0. The molecule has 1 saturated carbocycles. The fraction of sp³-hybridized carbons (Fsp3) is 0.500. The molecular weight excluding hydrogens is 285 g/mol. The summed E-state index contributed by atoms with van der Waals surface area (Å²) in [5, 5.41) is 5.69. The normalized spacial score (nSPS) is 19.0. The maximum Gasteiger partial charge on any atom is 0.317 e. The zero-order valence-corrected chi connectivity index (χ0v) is 12.3. The van der Waals surface area contributed by atoms with Crippen LogP contribution in [0.3, 0.4) is 0 Å². The molecule has 1 aromatic carbocycles. The van der Waals surface area contributed by atoms with Gasteiger partial charge in [-0.05, 0) is 37.0 Å². The number of rotatable bonds is 6. The summed E-state index contributed by atoms with van der Waals surface area (Å²) in [6.07, 6.45) is 2.42. The van der Waals surface area contributed by atoms with E-state index < -0.39 is 0 Å². The number of benzene rings is 1. The van der Waals surface area contributed by atoms with Gasteiger partial charge in [-0.3, -0.25) is 4.79 Å². The van der Waals surface area contributed by atoms with Crippen molar-refractivity contribution >= 4 is 11.9 Å². The molecule has 2 fully saturated rings. The van der Waals surface area contributed by atoms with Gasteiger partial charge in [-0.15, -0.1) is 0 Å². The molecule has 1 aliphatic heterocycles. The molecule has 2 aliphatic rings. The molecule has 6 heteroatoms. The van der Waals surface area contributed by atoms with Gasteiger partial charge in [0.1, 0.15) is 5.82 Å². The van der Waals surface area contributed by atoms with E-state index in [0.29, 0.717) is 26.1 Å². The molecule has 1 aromatic rings. The van der Waals surface area contributed by atoms with Gasteiger partial charge in [-0.25, -0.2) is 9.18 Å². The predicted octanol–water partition coefficient (Wildman–Crippen LogP) is 1.29. The van der Waals surface area contributed by atoms with Crippen molar-refractivity contribution in [1.29, 1.82) is 0 Å². The second kappa shape index (κ2) is 6.34. The number of hydrogen-bond acceptors (Lipinski definition) is 2. The van der Waals surface area contributed by atoms with Crippen molar-refractivity contribution in [2.75, 3.05) is 19.6 Å². The van der Waals surface area contributed by atoms with E-state index in [1.165, 1.54) is 12.1 Å². The van der Waals surface area contributed by atoms with E-state index in [9.17, 15) is 14.0 Å². The van der Waals surface area contributed by atoms with Crippen molar-refractivity contribution in [2.24, 2.45) is 5.92 Å². The monoisotopic (exact) mass is 305 g/mol. The van der Waals surface area contributed by atoms with Crippen LogP contribution in [0.5, 0.6) is 0 Å². The van der Waals surface area contributed by atoms with E-state index >= 15 is 0 Å². The Morgan fingerprint density at radius 2 is 2.27 bits per heavy atom. The lowest BCUT2D eigenvalue weighted by Gasteiger charge is -2.27. The number of amides is 3. The van der Waals surface area contributed by atoms with E-state index in [0.717, 1.165) is 18.4 Å². The van der Waals surface area contributed by atoms with Crippen LogP contribution in [-0.4, -0.2) is 42.5 Å². The van der Waals surface area contributed by atoms with Gasteiger partial charge in [-0.2, -0.15) is 0 Å². The summed E-state index contributed by atoms with van der Waals surface area (Å²) in [6, 6.07) is 6.09. The fourth-order valence-electron chi connectivity index (χ4n) is 2.77. The molecule has 1 heterocycles. The molecule has 118 valence electrons. The van der Waals surface area contributed by atoms with Crippen molar-refractivity contribution < 1.29 is 14.0 Å². The molecule has 22 heavy (non-hydrogen) atoms. The maximum absolute atomic E-state index is 13.3. The lowest BCUT2D eigenvalue weighted by atomic mass is 10.0. The van der Waals surface area contributed by atoms with Gasteiger partial charge in [0.2, 0.25) is 5.91 Å². The number of halogens is 1. The van der Waals surface area contributed by atoms with Crippen LogP contribution in [0.4, 0.5) is 9.18 Å². The Morgan fingerprint density at radius 3 is 2.91 bits per heavy atom.